The second-order valence-electron chi connectivity index (χ2n) is 2.75. The highest BCUT2D eigenvalue weighted by Gasteiger charge is 2.15. The molecule has 0 aliphatic carbocycles. The van der Waals surface area contributed by atoms with Gasteiger partial charge in [0.1, 0.15) is 0 Å². The Hall–Kier alpha value is -0.870. The predicted molar refractivity (Wildman–Crippen MR) is 53.1 cm³/mol. The van der Waals surface area contributed by atoms with Crippen molar-refractivity contribution in [2.75, 3.05) is 26.9 Å². The largest absolute Gasteiger partial charge is 0.463 e. The van der Waals surface area contributed by atoms with Gasteiger partial charge in [-0.25, -0.2) is 4.79 Å². The minimum Gasteiger partial charge on any atom is -0.463 e. The summed E-state index contributed by atoms with van der Waals surface area (Å²) >= 11 is 0. The summed E-state index contributed by atoms with van der Waals surface area (Å²) in [6.07, 6.45) is -0.329. The lowest BCUT2D eigenvalue weighted by Gasteiger charge is -2.14. The Bertz CT molecular complexity index is 189. The van der Waals surface area contributed by atoms with Crippen molar-refractivity contribution in [2.45, 2.75) is 20.0 Å². The zero-order valence-corrected chi connectivity index (χ0v) is 9.04. The fourth-order valence-electron chi connectivity index (χ4n) is 0.799. The molecule has 1 atom stereocenters. The summed E-state index contributed by atoms with van der Waals surface area (Å²) in [6.45, 7) is 8.41. The molecular formula is C10H18O4. The number of hydrogen-bond donors (Lipinski definition) is 0. The molecule has 0 N–H and O–H groups in total. The molecule has 0 amide bonds. The molecule has 0 aromatic rings. The van der Waals surface area contributed by atoms with Crippen LogP contribution in [0, 0.1) is 0 Å². The Morgan fingerprint density at radius 2 is 2.07 bits per heavy atom. The molecule has 1 unspecified atom stereocenters. The molecule has 0 rings (SSSR count). The van der Waals surface area contributed by atoms with Crippen molar-refractivity contribution in [3.63, 3.8) is 0 Å². The third-order valence-electron chi connectivity index (χ3n) is 1.68. The summed E-state index contributed by atoms with van der Waals surface area (Å²) < 4.78 is 14.9. The molecule has 0 heterocycles. The minimum absolute atomic E-state index is 0.329. The van der Waals surface area contributed by atoms with Crippen molar-refractivity contribution in [1.82, 2.24) is 0 Å². The zero-order chi connectivity index (χ0) is 11.0. The summed E-state index contributed by atoms with van der Waals surface area (Å²) in [4.78, 5) is 11.2. The summed E-state index contributed by atoms with van der Waals surface area (Å²) in [7, 11) is 1.59. The molecule has 0 radical (unpaired) electrons. The standard InChI is InChI=1S/C10H18O4/c1-5-13-10(11)8(2)9(3)14-7-6-12-4/h9H,2,5-7H2,1,3-4H3. The number of rotatable bonds is 7. The van der Waals surface area contributed by atoms with Crippen molar-refractivity contribution >= 4 is 5.97 Å². The number of carbonyl (C=O) groups excluding carboxylic acids is 1. The molecule has 4 heteroatoms. The Morgan fingerprint density at radius 1 is 1.43 bits per heavy atom. The number of esters is 1. The maximum atomic E-state index is 11.2. The lowest BCUT2D eigenvalue weighted by atomic mass is 10.2. The van der Waals surface area contributed by atoms with Gasteiger partial charge in [0.05, 0.1) is 31.5 Å². The van der Waals surface area contributed by atoms with Gasteiger partial charge in [0.15, 0.2) is 0 Å². The third-order valence-corrected chi connectivity index (χ3v) is 1.68. The Labute approximate surface area is 84.8 Å². The van der Waals surface area contributed by atoms with Crippen molar-refractivity contribution in [3.8, 4) is 0 Å². The normalized spacial score (nSPS) is 12.2. The summed E-state index contributed by atoms with van der Waals surface area (Å²) in [5.74, 6) is -0.405. The third kappa shape index (κ3) is 4.99. The summed E-state index contributed by atoms with van der Waals surface area (Å²) in [5, 5.41) is 0. The van der Waals surface area contributed by atoms with Crippen LogP contribution >= 0.6 is 0 Å². The highest BCUT2D eigenvalue weighted by Crippen LogP contribution is 2.05. The fourth-order valence-corrected chi connectivity index (χ4v) is 0.799. The first-order valence-electron chi connectivity index (χ1n) is 4.59. The van der Waals surface area contributed by atoms with Crippen LogP contribution in [0.3, 0.4) is 0 Å². The van der Waals surface area contributed by atoms with Crippen LogP contribution in [0.15, 0.2) is 12.2 Å². The van der Waals surface area contributed by atoms with Gasteiger partial charge in [-0.2, -0.15) is 0 Å². The van der Waals surface area contributed by atoms with E-state index in [1.54, 1.807) is 21.0 Å². The number of carbonyl (C=O) groups is 1. The Kier molecular flexibility index (Phi) is 7.06. The molecule has 0 aliphatic rings. The maximum Gasteiger partial charge on any atom is 0.336 e. The number of ether oxygens (including phenoxy) is 3. The van der Waals surface area contributed by atoms with E-state index < -0.39 is 5.97 Å². The minimum atomic E-state index is -0.405. The van der Waals surface area contributed by atoms with Crippen LogP contribution in [-0.2, 0) is 19.0 Å². The van der Waals surface area contributed by atoms with E-state index in [9.17, 15) is 4.79 Å². The van der Waals surface area contributed by atoms with E-state index in [1.807, 2.05) is 0 Å². The molecule has 0 fully saturated rings. The van der Waals surface area contributed by atoms with Gasteiger partial charge < -0.3 is 14.2 Å². The van der Waals surface area contributed by atoms with E-state index in [2.05, 4.69) is 6.58 Å². The van der Waals surface area contributed by atoms with Gasteiger partial charge in [-0.05, 0) is 13.8 Å². The highest BCUT2D eigenvalue weighted by atomic mass is 16.5. The van der Waals surface area contributed by atoms with Gasteiger partial charge in [-0.15, -0.1) is 0 Å². The number of hydrogen-bond acceptors (Lipinski definition) is 4. The molecule has 0 aliphatic heterocycles. The molecule has 0 aromatic heterocycles. The molecule has 0 spiro atoms. The van der Waals surface area contributed by atoms with Gasteiger partial charge in [-0.1, -0.05) is 6.58 Å². The SMILES string of the molecule is C=C(C(=O)OCC)C(C)OCCOC. The highest BCUT2D eigenvalue weighted by molar-refractivity contribution is 5.88. The van der Waals surface area contributed by atoms with Crippen LogP contribution in [0.2, 0.25) is 0 Å². The smallest absolute Gasteiger partial charge is 0.336 e. The quantitative estimate of drug-likeness (QED) is 0.353. The summed E-state index contributed by atoms with van der Waals surface area (Å²) in [6, 6.07) is 0. The predicted octanol–water partition coefficient (Wildman–Crippen LogP) is 1.16. The van der Waals surface area contributed by atoms with Gasteiger partial charge in [0.2, 0.25) is 0 Å². The molecular weight excluding hydrogens is 184 g/mol. The van der Waals surface area contributed by atoms with E-state index in [4.69, 9.17) is 14.2 Å². The molecule has 0 aromatic carbocycles. The first-order valence-corrected chi connectivity index (χ1v) is 4.59. The average molecular weight is 202 g/mol. The van der Waals surface area contributed by atoms with E-state index in [1.165, 1.54) is 0 Å². The molecule has 0 saturated carbocycles. The fraction of sp³-hybridized carbons (Fsp3) is 0.700. The van der Waals surface area contributed by atoms with Crippen molar-refractivity contribution < 1.29 is 19.0 Å². The number of methoxy groups -OCH3 is 1. The molecule has 0 bridgehead atoms. The van der Waals surface area contributed by atoms with E-state index in [-0.39, 0.29) is 6.10 Å². The second kappa shape index (κ2) is 7.53. The van der Waals surface area contributed by atoms with E-state index >= 15 is 0 Å². The first kappa shape index (κ1) is 13.1. The zero-order valence-electron chi connectivity index (χ0n) is 9.04. The molecule has 14 heavy (non-hydrogen) atoms. The van der Waals surface area contributed by atoms with Crippen molar-refractivity contribution in [1.29, 1.82) is 0 Å². The van der Waals surface area contributed by atoms with E-state index in [0.717, 1.165) is 0 Å². The van der Waals surface area contributed by atoms with Crippen LogP contribution in [0.25, 0.3) is 0 Å². The average Bonchev–Trinajstić information content (AvgIpc) is 2.17. The topological polar surface area (TPSA) is 44.8 Å². The Morgan fingerprint density at radius 3 is 2.57 bits per heavy atom. The molecule has 82 valence electrons. The van der Waals surface area contributed by atoms with Gasteiger partial charge in [0, 0.05) is 7.11 Å². The summed E-state index contributed by atoms with van der Waals surface area (Å²) in [5.41, 5.74) is 0.336. The van der Waals surface area contributed by atoms with Crippen LogP contribution in [0.4, 0.5) is 0 Å². The Balaban J connectivity index is 3.80. The van der Waals surface area contributed by atoms with Crippen LogP contribution in [0.5, 0.6) is 0 Å². The van der Waals surface area contributed by atoms with E-state index in [0.29, 0.717) is 25.4 Å². The van der Waals surface area contributed by atoms with Gasteiger partial charge in [0.25, 0.3) is 0 Å². The van der Waals surface area contributed by atoms with Gasteiger partial charge >= 0.3 is 5.97 Å². The van der Waals surface area contributed by atoms with Crippen LogP contribution in [-0.4, -0.2) is 39.0 Å². The lowest BCUT2D eigenvalue weighted by Crippen LogP contribution is -2.21. The molecule has 4 nitrogen and oxygen atoms in total. The monoisotopic (exact) mass is 202 g/mol. The second-order valence-corrected chi connectivity index (χ2v) is 2.75. The van der Waals surface area contributed by atoms with Crippen LogP contribution in [0.1, 0.15) is 13.8 Å². The van der Waals surface area contributed by atoms with Crippen molar-refractivity contribution in [2.24, 2.45) is 0 Å². The van der Waals surface area contributed by atoms with Crippen LogP contribution < -0.4 is 0 Å². The lowest BCUT2D eigenvalue weighted by molar-refractivity contribution is -0.140. The molecule has 0 saturated heterocycles. The first-order chi connectivity index (χ1) is 6.63. The van der Waals surface area contributed by atoms with Crippen molar-refractivity contribution in [3.05, 3.63) is 12.2 Å². The maximum absolute atomic E-state index is 11.2. The van der Waals surface area contributed by atoms with Gasteiger partial charge in [-0.3, -0.25) is 0 Å².